The number of carbonyl (C=O) groups is 2. The van der Waals surface area contributed by atoms with Crippen molar-refractivity contribution in [1.82, 2.24) is 14.9 Å². The van der Waals surface area contributed by atoms with Crippen molar-refractivity contribution >= 4 is 21.8 Å². The molecule has 2 amide bonds. The lowest BCUT2D eigenvalue weighted by Gasteiger charge is -2.19. The number of hydrogen-bond donors (Lipinski definition) is 2. The average molecular weight is 404 g/mol. The van der Waals surface area contributed by atoms with Crippen LogP contribution in [0.25, 0.3) is 0 Å². The molecule has 8 heteroatoms. The smallest absolute Gasteiger partial charge is 0.252 e. The fraction of sp³-hybridized carbons (Fsp3) is 0.300. The summed E-state index contributed by atoms with van der Waals surface area (Å²) in [5.74, 6) is -0.903. The molecule has 28 heavy (non-hydrogen) atoms. The Hall–Kier alpha value is -2.71. The molecular formula is C20H25N3O4S. The number of aryl methyl sites for hydroxylation is 1. The third-order valence-electron chi connectivity index (χ3n) is 4.56. The summed E-state index contributed by atoms with van der Waals surface area (Å²) in [4.78, 5) is 25.2. The van der Waals surface area contributed by atoms with Gasteiger partial charge in [-0.1, -0.05) is 30.3 Å². The molecule has 2 aromatic carbocycles. The summed E-state index contributed by atoms with van der Waals surface area (Å²) in [5, 5.41) is 5.23. The number of nitrogens with zero attached hydrogens (tertiary/aromatic N) is 1. The molecule has 0 bridgehead atoms. The highest BCUT2D eigenvalue weighted by molar-refractivity contribution is 7.89. The van der Waals surface area contributed by atoms with E-state index in [0.717, 1.165) is 4.31 Å². The van der Waals surface area contributed by atoms with Gasteiger partial charge < -0.3 is 10.6 Å². The number of rotatable bonds is 6. The molecule has 1 atom stereocenters. The van der Waals surface area contributed by atoms with Crippen LogP contribution in [0, 0.1) is 13.8 Å². The van der Waals surface area contributed by atoms with E-state index in [4.69, 9.17) is 0 Å². The van der Waals surface area contributed by atoms with Gasteiger partial charge in [-0.3, -0.25) is 9.59 Å². The molecule has 0 aliphatic rings. The fourth-order valence-corrected chi connectivity index (χ4v) is 3.94. The quantitative estimate of drug-likeness (QED) is 0.768. The van der Waals surface area contributed by atoms with Crippen molar-refractivity contribution in [2.75, 3.05) is 21.1 Å². The Morgan fingerprint density at radius 1 is 1.04 bits per heavy atom. The summed E-state index contributed by atoms with van der Waals surface area (Å²) in [6.07, 6.45) is 0. The Bertz CT molecular complexity index is 986. The second-order valence-corrected chi connectivity index (χ2v) is 8.76. The molecule has 0 radical (unpaired) electrons. The van der Waals surface area contributed by atoms with E-state index < -0.39 is 22.0 Å². The van der Waals surface area contributed by atoms with Crippen LogP contribution in [-0.2, 0) is 14.8 Å². The van der Waals surface area contributed by atoms with Gasteiger partial charge in [0.15, 0.2) is 0 Å². The molecule has 2 aromatic rings. The lowest BCUT2D eigenvalue weighted by Crippen LogP contribution is -2.39. The molecule has 0 aliphatic carbocycles. The van der Waals surface area contributed by atoms with E-state index in [-0.39, 0.29) is 16.4 Å². The van der Waals surface area contributed by atoms with Crippen LogP contribution in [0.4, 0.5) is 0 Å². The number of hydrogen-bond acceptors (Lipinski definition) is 4. The Morgan fingerprint density at radius 2 is 1.64 bits per heavy atom. The summed E-state index contributed by atoms with van der Waals surface area (Å²) in [7, 11) is 0.651. The van der Waals surface area contributed by atoms with Crippen LogP contribution < -0.4 is 10.6 Å². The SMILES string of the molecule is CNC(=O)[C@H](NC(=O)c1cc(C)c(C)c(S(=O)(=O)N(C)C)c1)c1ccccc1. The lowest BCUT2D eigenvalue weighted by atomic mass is 10.0. The largest absolute Gasteiger partial charge is 0.357 e. The zero-order valence-electron chi connectivity index (χ0n) is 16.6. The molecule has 0 spiro atoms. The van der Waals surface area contributed by atoms with Gasteiger partial charge in [0.05, 0.1) is 4.90 Å². The van der Waals surface area contributed by atoms with E-state index >= 15 is 0 Å². The van der Waals surface area contributed by atoms with E-state index in [1.165, 1.54) is 27.2 Å². The van der Waals surface area contributed by atoms with Crippen molar-refractivity contribution in [3.05, 3.63) is 64.7 Å². The van der Waals surface area contributed by atoms with Gasteiger partial charge in [0.1, 0.15) is 6.04 Å². The molecule has 0 heterocycles. The van der Waals surface area contributed by atoms with E-state index in [1.54, 1.807) is 44.2 Å². The second kappa shape index (κ2) is 8.53. The minimum atomic E-state index is -3.71. The highest BCUT2D eigenvalue weighted by atomic mass is 32.2. The van der Waals surface area contributed by atoms with Gasteiger partial charge in [-0.2, -0.15) is 0 Å². The van der Waals surface area contributed by atoms with Crippen LogP contribution in [-0.4, -0.2) is 45.7 Å². The number of sulfonamides is 1. The van der Waals surface area contributed by atoms with Crippen molar-refractivity contribution in [1.29, 1.82) is 0 Å². The van der Waals surface area contributed by atoms with Crippen molar-refractivity contribution < 1.29 is 18.0 Å². The van der Waals surface area contributed by atoms with Crippen molar-refractivity contribution in [2.24, 2.45) is 0 Å². The summed E-state index contributed by atoms with van der Waals surface area (Å²) < 4.78 is 26.3. The average Bonchev–Trinajstić information content (AvgIpc) is 2.67. The molecule has 0 fully saturated rings. The van der Waals surface area contributed by atoms with Crippen LogP contribution in [0.2, 0.25) is 0 Å². The molecule has 2 N–H and O–H groups in total. The zero-order chi connectivity index (χ0) is 21.1. The number of benzene rings is 2. The predicted octanol–water partition coefficient (Wildman–Crippen LogP) is 1.77. The van der Waals surface area contributed by atoms with Gasteiger partial charge in [-0.25, -0.2) is 12.7 Å². The molecule has 0 aliphatic heterocycles. The molecule has 0 saturated heterocycles. The second-order valence-electron chi connectivity index (χ2n) is 6.64. The Balaban J connectivity index is 2.46. The van der Waals surface area contributed by atoms with Gasteiger partial charge in [0.2, 0.25) is 15.9 Å². The van der Waals surface area contributed by atoms with Crippen LogP contribution in [0.1, 0.15) is 33.1 Å². The van der Waals surface area contributed by atoms with E-state index in [9.17, 15) is 18.0 Å². The Kier molecular flexibility index (Phi) is 6.58. The lowest BCUT2D eigenvalue weighted by molar-refractivity contribution is -0.122. The molecule has 0 saturated carbocycles. The van der Waals surface area contributed by atoms with Gasteiger partial charge in [-0.15, -0.1) is 0 Å². The van der Waals surface area contributed by atoms with Crippen molar-refractivity contribution in [3.63, 3.8) is 0 Å². The highest BCUT2D eigenvalue weighted by Gasteiger charge is 2.26. The minimum absolute atomic E-state index is 0.0684. The Labute approximate surface area is 165 Å². The maximum atomic E-state index is 12.9. The summed E-state index contributed by atoms with van der Waals surface area (Å²) in [6, 6.07) is 10.9. The molecule has 150 valence electrons. The monoisotopic (exact) mass is 403 g/mol. The molecule has 0 aromatic heterocycles. The molecule has 7 nitrogen and oxygen atoms in total. The van der Waals surface area contributed by atoms with E-state index in [2.05, 4.69) is 10.6 Å². The first-order chi connectivity index (χ1) is 13.1. The minimum Gasteiger partial charge on any atom is -0.357 e. The Morgan fingerprint density at radius 3 is 2.18 bits per heavy atom. The summed E-state index contributed by atoms with van der Waals surface area (Å²) in [6.45, 7) is 3.44. The van der Waals surface area contributed by atoms with Gasteiger partial charge in [0.25, 0.3) is 5.91 Å². The van der Waals surface area contributed by atoms with Crippen LogP contribution in [0.15, 0.2) is 47.4 Å². The van der Waals surface area contributed by atoms with Crippen molar-refractivity contribution in [2.45, 2.75) is 24.8 Å². The molecular weight excluding hydrogens is 378 g/mol. The zero-order valence-corrected chi connectivity index (χ0v) is 17.4. The fourth-order valence-electron chi connectivity index (χ4n) is 2.73. The first-order valence-corrected chi connectivity index (χ1v) is 10.1. The molecule has 2 rings (SSSR count). The highest BCUT2D eigenvalue weighted by Crippen LogP contribution is 2.24. The summed E-state index contributed by atoms with van der Waals surface area (Å²) in [5.41, 5.74) is 2.05. The molecule has 0 unspecified atom stereocenters. The standard InChI is InChI=1S/C20H25N3O4S/c1-13-11-16(12-17(14(13)2)28(26,27)23(4)5)19(24)22-18(20(25)21-3)15-9-7-6-8-10-15/h6-12,18H,1-5H3,(H,21,25)(H,22,24)/t18-/m1/s1. The van der Waals surface area contributed by atoms with Gasteiger partial charge >= 0.3 is 0 Å². The van der Waals surface area contributed by atoms with Crippen LogP contribution in [0.3, 0.4) is 0 Å². The predicted molar refractivity (Wildman–Crippen MR) is 108 cm³/mol. The van der Waals surface area contributed by atoms with E-state index in [0.29, 0.717) is 16.7 Å². The maximum Gasteiger partial charge on any atom is 0.252 e. The first kappa shape index (κ1) is 21.6. The van der Waals surface area contributed by atoms with Crippen LogP contribution >= 0.6 is 0 Å². The topological polar surface area (TPSA) is 95.6 Å². The third kappa shape index (κ3) is 4.40. The summed E-state index contributed by atoms with van der Waals surface area (Å²) >= 11 is 0. The first-order valence-electron chi connectivity index (χ1n) is 8.70. The number of nitrogens with one attached hydrogen (secondary N) is 2. The third-order valence-corrected chi connectivity index (χ3v) is 6.50. The van der Waals surface area contributed by atoms with Crippen LogP contribution in [0.5, 0.6) is 0 Å². The van der Waals surface area contributed by atoms with Crippen molar-refractivity contribution in [3.8, 4) is 0 Å². The van der Waals surface area contributed by atoms with Gasteiger partial charge in [0, 0.05) is 26.7 Å². The van der Waals surface area contributed by atoms with E-state index in [1.807, 2.05) is 6.07 Å². The van der Waals surface area contributed by atoms with Gasteiger partial charge in [-0.05, 0) is 42.7 Å². The number of carbonyl (C=O) groups excluding carboxylic acids is 2. The maximum absolute atomic E-state index is 12.9. The normalized spacial score (nSPS) is 12.5. The number of amides is 2. The number of likely N-dealkylation sites (N-methyl/N-ethyl adjacent to an activating group) is 1.